The lowest BCUT2D eigenvalue weighted by Gasteiger charge is -2.33. The lowest BCUT2D eigenvalue weighted by Crippen LogP contribution is -2.47. The van der Waals surface area contributed by atoms with Gasteiger partial charge in [0.2, 0.25) is 0 Å². The fraction of sp³-hybridized carbons (Fsp3) is 0.308. The first kappa shape index (κ1) is 22.2. The highest BCUT2D eigenvalue weighted by atomic mass is 35.5. The van der Waals surface area contributed by atoms with Crippen molar-refractivity contribution in [3.05, 3.63) is 89.2 Å². The monoisotopic (exact) mass is 467 g/mol. The molecule has 0 unspecified atom stereocenters. The van der Waals surface area contributed by atoms with Gasteiger partial charge in [-0.1, -0.05) is 23.7 Å². The molecule has 0 aliphatic carbocycles. The second kappa shape index (κ2) is 10.1. The highest BCUT2D eigenvalue weighted by Crippen LogP contribution is 2.37. The molecule has 172 valence electrons. The maximum Gasteiger partial charge on any atom is 0.127 e. The number of hydrogen-bond acceptors (Lipinski definition) is 5. The van der Waals surface area contributed by atoms with Crippen LogP contribution in [-0.4, -0.2) is 50.5 Å². The maximum atomic E-state index is 14.1. The molecule has 33 heavy (non-hydrogen) atoms. The predicted octanol–water partition coefficient (Wildman–Crippen LogP) is 5.08. The van der Waals surface area contributed by atoms with Crippen molar-refractivity contribution in [3.63, 3.8) is 0 Å². The summed E-state index contributed by atoms with van der Waals surface area (Å²) < 4.78 is 26.3. The molecule has 0 aromatic heterocycles. The lowest BCUT2D eigenvalue weighted by molar-refractivity contribution is 0.0623. The van der Waals surface area contributed by atoms with Crippen LogP contribution >= 0.6 is 11.6 Å². The van der Waals surface area contributed by atoms with Crippen LogP contribution in [0.3, 0.4) is 0 Å². The summed E-state index contributed by atoms with van der Waals surface area (Å²) in [6, 6.07) is 22.0. The molecule has 0 saturated carbocycles. The molecule has 0 bridgehead atoms. The summed E-state index contributed by atoms with van der Waals surface area (Å²) >= 11 is 5.95. The van der Waals surface area contributed by atoms with Crippen molar-refractivity contribution in [1.82, 2.24) is 10.2 Å². The van der Waals surface area contributed by atoms with Gasteiger partial charge in [-0.05, 0) is 66.2 Å². The van der Waals surface area contributed by atoms with E-state index in [9.17, 15) is 4.39 Å². The summed E-state index contributed by atoms with van der Waals surface area (Å²) in [7, 11) is 0. The summed E-state index contributed by atoms with van der Waals surface area (Å²) in [6.45, 7) is 5.22. The molecule has 2 aliphatic rings. The highest BCUT2D eigenvalue weighted by Gasteiger charge is 2.38. The SMILES string of the molecule is Fc1cccc([C@H]2[C@H](CN3CCNCC3)OCN2c2ccc(Oc3ccc(Cl)cc3)cc2)c1. The van der Waals surface area contributed by atoms with Gasteiger partial charge in [0.1, 0.15) is 24.0 Å². The van der Waals surface area contributed by atoms with Gasteiger partial charge in [0, 0.05) is 43.4 Å². The molecule has 2 atom stereocenters. The molecule has 7 heteroatoms. The first-order valence-electron chi connectivity index (χ1n) is 11.3. The molecule has 3 aromatic rings. The van der Waals surface area contributed by atoms with Gasteiger partial charge >= 0.3 is 0 Å². The highest BCUT2D eigenvalue weighted by molar-refractivity contribution is 6.30. The number of benzene rings is 3. The number of anilines is 1. The number of nitrogens with zero attached hydrogens (tertiary/aromatic N) is 2. The zero-order valence-electron chi connectivity index (χ0n) is 18.3. The van der Waals surface area contributed by atoms with Crippen LogP contribution in [0.4, 0.5) is 10.1 Å². The Balaban J connectivity index is 1.36. The van der Waals surface area contributed by atoms with Gasteiger partial charge in [0.15, 0.2) is 0 Å². The van der Waals surface area contributed by atoms with Crippen molar-refractivity contribution < 1.29 is 13.9 Å². The number of nitrogens with one attached hydrogen (secondary N) is 1. The zero-order valence-corrected chi connectivity index (χ0v) is 19.0. The minimum Gasteiger partial charge on any atom is -0.457 e. The van der Waals surface area contributed by atoms with Gasteiger partial charge in [0.25, 0.3) is 0 Å². The van der Waals surface area contributed by atoms with E-state index in [-0.39, 0.29) is 18.0 Å². The minimum absolute atomic E-state index is 0.0464. The van der Waals surface area contributed by atoms with Crippen LogP contribution in [0.1, 0.15) is 11.6 Å². The van der Waals surface area contributed by atoms with E-state index in [0.717, 1.165) is 55.5 Å². The van der Waals surface area contributed by atoms with Crippen molar-refractivity contribution >= 4 is 17.3 Å². The van der Waals surface area contributed by atoms with Crippen molar-refractivity contribution in [2.45, 2.75) is 12.1 Å². The van der Waals surface area contributed by atoms with E-state index in [0.29, 0.717) is 11.8 Å². The largest absolute Gasteiger partial charge is 0.457 e. The fourth-order valence-corrected chi connectivity index (χ4v) is 4.64. The molecule has 3 aromatic carbocycles. The first-order chi connectivity index (χ1) is 16.2. The summed E-state index contributed by atoms with van der Waals surface area (Å²) in [6.07, 6.45) is -0.0464. The van der Waals surface area contributed by atoms with Crippen LogP contribution in [0.25, 0.3) is 0 Å². The van der Waals surface area contributed by atoms with Gasteiger partial charge in [0.05, 0.1) is 12.1 Å². The first-order valence-corrected chi connectivity index (χ1v) is 11.6. The minimum atomic E-state index is -0.230. The third-order valence-electron chi connectivity index (χ3n) is 6.17. The molecule has 1 N–H and O–H groups in total. The molecule has 2 fully saturated rings. The molecule has 0 radical (unpaired) electrons. The van der Waals surface area contributed by atoms with E-state index in [4.69, 9.17) is 21.1 Å². The number of ether oxygens (including phenoxy) is 2. The van der Waals surface area contributed by atoms with Crippen molar-refractivity contribution in [2.24, 2.45) is 0 Å². The second-order valence-electron chi connectivity index (χ2n) is 8.40. The second-order valence-corrected chi connectivity index (χ2v) is 8.84. The standard InChI is InChI=1S/C26H27ClFN3O2/c27-20-4-8-23(9-5-20)33-24-10-6-22(7-11-24)31-18-32-25(17-30-14-12-29-13-15-30)26(31)19-2-1-3-21(28)16-19/h1-11,16,25-26,29H,12-15,17-18H2/t25-,26-/m0/s1. The van der Waals surface area contributed by atoms with E-state index < -0.39 is 0 Å². The summed E-state index contributed by atoms with van der Waals surface area (Å²) in [4.78, 5) is 4.62. The lowest BCUT2D eigenvalue weighted by atomic mass is 9.99. The van der Waals surface area contributed by atoms with Crippen LogP contribution < -0.4 is 15.0 Å². The van der Waals surface area contributed by atoms with Crippen molar-refractivity contribution in [1.29, 1.82) is 0 Å². The number of rotatable bonds is 6. The maximum absolute atomic E-state index is 14.1. The van der Waals surface area contributed by atoms with Crippen LogP contribution in [0.2, 0.25) is 5.02 Å². The van der Waals surface area contributed by atoms with Crippen molar-refractivity contribution in [3.8, 4) is 11.5 Å². The molecular formula is C26H27ClFN3O2. The Morgan fingerprint density at radius 3 is 2.36 bits per heavy atom. The van der Waals surface area contributed by atoms with E-state index in [1.807, 2.05) is 42.5 Å². The molecule has 5 rings (SSSR count). The van der Waals surface area contributed by atoms with Crippen LogP contribution in [0.5, 0.6) is 11.5 Å². The van der Waals surface area contributed by atoms with Crippen LogP contribution in [0.15, 0.2) is 72.8 Å². The quantitative estimate of drug-likeness (QED) is 0.547. The number of halogens is 2. The molecule has 5 nitrogen and oxygen atoms in total. The average Bonchev–Trinajstić information content (AvgIpc) is 3.25. The molecular weight excluding hydrogens is 441 g/mol. The Kier molecular flexibility index (Phi) is 6.78. The summed E-state index contributed by atoms with van der Waals surface area (Å²) in [5.74, 6) is 1.23. The third-order valence-corrected chi connectivity index (χ3v) is 6.42. The zero-order chi connectivity index (χ0) is 22.6. The Bertz CT molecular complexity index is 1060. The van der Waals surface area contributed by atoms with Crippen molar-refractivity contribution in [2.75, 3.05) is 44.4 Å². The van der Waals surface area contributed by atoms with E-state index in [1.54, 1.807) is 24.3 Å². The van der Waals surface area contributed by atoms with Gasteiger partial charge in [-0.15, -0.1) is 0 Å². The number of piperazine rings is 1. The van der Waals surface area contributed by atoms with E-state index in [1.165, 1.54) is 6.07 Å². The van der Waals surface area contributed by atoms with E-state index in [2.05, 4.69) is 15.1 Å². The van der Waals surface area contributed by atoms with Gasteiger partial charge in [-0.2, -0.15) is 0 Å². The molecule has 0 amide bonds. The summed E-state index contributed by atoms with van der Waals surface area (Å²) in [5, 5.41) is 4.06. The van der Waals surface area contributed by atoms with Gasteiger partial charge in [-0.25, -0.2) is 4.39 Å². The smallest absolute Gasteiger partial charge is 0.127 e. The van der Waals surface area contributed by atoms with Gasteiger partial charge < -0.3 is 19.7 Å². The molecule has 2 saturated heterocycles. The normalized spacial score (nSPS) is 21.3. The Morgan fingerprint density at radius 2 is 1.67 bits per heavy atom. The molecule has 2 aliphatic heterocycles. The average molecular weight is 468 g/mol. The Morgan fingerprint density at radius 1 is 0.970 bits per heavy atom. The molecule has 0 spiro atoms. The number of hydrogen-bond donors (Lipinski definition) is 1. The van der Waals surface area contributed by atoms with E-state index >= 15 is 0 Å². The molecule has 2 heterocycles. The fourth-order valence-electron chi connectivity index (χ4n) is 4.51. The topological polar surface area (TPSA) is 37.0 Å². The van der Waals surface area contributed by atoms with Crippen LogP contribution in [-0.2, 0) is 4.74 Å². The van der Waals surface area contributed by atoms with Gasteiger partial charge in [-0.3, -0.25) is 4.90 Å². The Labute approximate surface area is 198 Å². The Hall–Kier alpha value is -2.64. The predicted molar refractivity (Wildman–Crippen MR) is 129 cm³/mol. The van der Waals surface area contributed by atoms with Crippen LogP contribution in [0, 0.1) is 5.82 Å². The summed E-state index contributed by atoms with van der Waals surface area (Å²) in [5.41, 5.74) is 1.93. The third kappa shape index (κ3) is 5.31.